The van der Waals surface area contributed by atoms with Crippen molar-refractivity contribution in [1.82, 2.24) is 15.0 Å². The first kappa shape index (κ1) is 19.8. The van der Waals surface area contributed by atoms with Gasteiger partial charge in [0, 0.05) is 23.4 Å². The fourth-order valence-electron chi connectivity index (χ4n) is 9.91. The summed E-state index contributed by atoms with van der Waals surface area (Å²) in [4.78, 5) is 13.6. The molecule has 5 saturated carbocycles. The van der Waals surface area contributed by atoms with E-state index in [1.807, 2.05) is 13.8 Å². The van der Waals surface area contributed by atoms with Crippen LogP contribution >= 0.6 is 0 Å². The molecule has 7 fully saturated rings. The van der Waals surface area contributed by atoms with E-state index in [1.54, 1.807) is 6.20 Å². The maximum absolute atomic E-state index is 13.6. The molecular formula is C23H29N3O6. The highest BCUT2D eigenvalue weighted by Gasteiger charge is 2.92. The molecule has 7 aliphatic rings. The van der Waals surface area contributed by atoms with Crippen molar-refractivity contribution in [3.05, 3.63) is 24.5 Å². The van der Waals surface area contributed by atoms with Gasteiger partial charge in [0.15, 0.2) is 5.78 Å². The molecule has 12 atom stereocenters. The van der Waals surface area contributed by atoms with Gasteiger partial charge in [-0.05, 0) is 36.0 Å². The molecule has 5 aliphatic carbocycles. The van der Waals surface area contributed by atoms with E-state index in [-0.39, 0.29) is 36.1 Å². The number of rotatable bonds is 1. The lowest BCUT2D eigenvalue weighted by Crippen LogP contribution is -2.93. The Morgan fingerprint density at radius 2 is 1.97 bits per heavy atom. The van der Waals surface area contributed by atoms with Crippen molar-refractivity contribution in [2.75, 3.05) is 6.61 Å². The smallest absolute Gasteiger partial charge is 0.205 e. The fraction of sp³-hybridized carbons (Fsp3) is 0.783. The summed E-state index contributed by atoms with van der Waals surface area (Å²) >= 11 is 0. The maximum atomic E-state index is 13.6. The predicted octanol–water partition coefficient (Wildman–Crippen LogP) is -0.326. The molecule has 172 valence electrons. The molecule has 0 aromatic carbocycles. The molecular weight excluding hydrogens is 414 g/mol. The highest BCUT2D eigenvalue weighted by Crippen LogP contribution is 2.84. The van der Waals surface area contributed by atoms with Crippen LogP contribution in [0, 0.1) is 45.8 Å². The van der Waals surface area contributed by atoms with Gasteiger partial charge in [0.2, 0.25) is 5.79 Å². The van der Waals surface area contributed by atoms with Crippen LogP contribution in [-0.2, 0) is 9.53 Å². The number of ether oxygens (including phenoxy) is 1. The first-order valence-corrected chi connectivity index (χ1v) is 11.6. The number of Topliss-reactive ketones (excluding diaryl/α,β-unsaturated/α-hetero) is 1. The van der Waals surface area contributed by atoms with Crippen LogP contribution in [0.15, 0.2) is 24.5 Å². The molecule has 2 saturated heterocycles. The van der Waals surface area contributed by atoms with Crippen LogP contribution < -0.4 is 0 Å². The average Bonchev–Trinajstić information content (AvgIpc) is 3.25. The van der Waals surface area contributed by atoms with Crippen LogP contribution in [-0.4, -0.2) is 71.9 Å². The van der Waals surface area contributed by atoms with Crippen LogP contribution in [0.4, 0.5) is 0 Å². The van der Waals surface area contributed by atoms with Gasteiger partial charge in [0.25, 0.3) is 0 Å². The molecule has 0 amide bonds. The number of allylic oxidation sites excluding steroid dienone is 1. The van der Waals surface area contributed by atoms with Gasteiger partial charge in [-0.2, -0.15) is 0 Å². The average molecular weight is 444 g/mol. The van der Waals surface area contributed by atoms with E-state index in [9.17, 15) is 25.2 Å². The molecule has 1 aromatic rings. The molecule has 1 aromatic heterocycles. The lowest BCUT2D eigenvalue weighted by molar-refractivity contribution is -0.481. The van der Waals surface area contributed by atoms with Crippen molar-refractivity contribution >= 4 is 5.78 Å². The number of carbonyl (C=O) groups excluding carboxylic acids is 1. The summed E-state index contributed by atoms with van der Waals surface area (Å²) in [6.07, 6.45) is 0.714. The van der Waals surface area contributed by atoms with Crippen LogP contribution in [0.5, 0.6) is 0 Å². The minimum absolute atomic E-state index is 0.0142. The molecule has 32 heavy (non-hydrogen) atoms. The number of ketones is 1. The molecule has 2 spiro atoms. The molecule has 2 unspecified atom stereocenters. The third-order valence-corrected chi connectivity index (χ3v) is 10.8. The summed E-state index contributed by atoms with van der Waals surface area (Å²) in [6, 6.07) is -0.672. The van der Waals surface area contributed by atoms with Crippen molar-refractivity contribution in [3.8, 4) is 0 Å². The number of nitrogens with zero attached hydrogens (tertiary/aromatic N) is 3. The Kier molecular flexibility index (Phi) is 3.31. The minimum atomic E-state index is -2.02. The first-order valence-electron chi connectivity index (χ1n) is 11.6. The van der Waals surface area contributed by atoms with Gasteiger partial charge in [-0.25, -0.2) is 4.68 Å². The number of aliphatic hydroxyl groups is 4. The largest absolute Gasteiger partial charge is 0.390 e. The van der Waals surface area contributed by atoms with E-state index in [4.69, 9.17) is 4.74 Å². The van der Waals surface area contributed by atoms with Gasteiger partial charge >= 0.3 is 0 Å². The van der Waals surface area contributed by atoms with Gasteiger partial charge in [0.05, 0.1) is 30.4 Å². The van der Waals surface area contributed by atoms with Crippen molar-refractivity contribution < 1.29 is 30.0 Å². The number of aromatic nitrogens is 3. The Hall–Kier alpha value is -1.65. The van der Waals surface area contributed by atoms with E-state index in [1.165, 1.54) is 10.9 Å². The molecule has 8 rings (SSSR count). The summed E-state index contributed by atoms with van der Waals surface area (Å²) in [5.74, 6) is -3.44. The SMILES string of the molecule is C=C1C2C(=O)[C@]34[C@H]2[C@H]1CC[C@H]3[C@@]12CO[C@]4(O)[C@@H](O)[C@@H]1C(C)(C)C(n1ccnn1)[C@@H](O)[C@H]2O. The van der Waals surface area contributed by atoms with Crippen molar-refractivity contribution in [2.24, 2.45) is 45.8 Å². The Morgan fingerprint density at radius 1 is 1.22 bits per heavy atom. The van der Waals surface area contributed by atoms with Gasteiger partial charge in [-0.1, -0.05) is 31.2 Å². The van der Waals surface area contributed by atoms with Crippen LogP contribution in [0.2, 0.25) is 0 Å². The maximum Gasteiger partial charge on any atom is 0.205 e. The van der Waals surface area contributed by atoms with Crippen LogP contribution in [0.25, 0.3) is 0 Å². The Balaban J connectivity index is 1.45. The summed E-state index contributed by atoms with van der Waals surface area (Å²) in [5, 5.41) is 54.8. The zero-order chi connectivity index (χ0) is 22.6. The van der Waals surface area contributed by atoms with Crippen molar-refractivity contribution in [1.29, 1.82) is 0 Å². The molecule has 0 radical (unpaired) electrons. The van der Waals surface area contributed by atoms with Gasteiger partial charge in [-0.15, -0.1) is 5.10 Å². The number of fused-ring (bicyclic) bond motifs is 1. The monoisotopic (exact) mass is 443 g/mol. The molecule has 2 bridgehead atoms. The van der Waals surface area contributed by atoms with Crippen molar-refractivity contribution in [2.45, 2.75) is 56.8 Å². The normalized spacial score (nSPS) is 58.9. The van der Waals surface area contributed by atoms with Crippen LogP contribution in [0.1, 0.15) is 32.7 Å². The molecule has 3 heterocycles. The predicted molar refractivity (Wildman–Crippen MR) is 107 cm³/mol. The third kappa shape index (κ3) is 1.57. The molecule has 9 heteroatoms. The van der Waals surface area contributed by atoms with Crippen LogP contribution in [0.3, 0.4) is 0 Å². The zero-order valence-electron chi connectivity index (χ0n) is 18.1. The highest BCUT2D eigenvalue weighted by atomic mass is 16.6. The van der Waals surface area contributed by atoms with Gasteiger partial charge in [-0.3, -0.25) is 4.79 Å². The molecule has 2 aliphatic heterocycles. The summed E-state index contributed by atoms with van der Waals surface area (Å²) in [7, 11) is 0. The Bertz CT molecular complexity index is 1060. The Labute approximate surface area is 185 Å². The second-order valence-electron chi connectivity index (χ2n) is 11.7. The van der Waals surface area contributed by atoms with Crippen molar-refractivity contribution in [3.63, 3.8) is 0 Å². The van der Waals surface area contributed by atoms with Gasteiger partial charge in [0.1, 0.15) is 12.2 Å². The summed E-state index contributed by atoms with van der Waals surface area (Å²) < 4.78 is 7.51. The standard InChI is InChI=1S/C23H29N3O6/c1-9-10-4-5-11-21-8-32-23(31,22(11)13(10)12(9)17(22)28)19(30)15(21)20(2,3)16(14(27)18(21)29)26-7-6-24-25-26/h6-7,10-16,18-19,27,29-31H,1,4-5,8H2,2-3H3/t10-,11-,12?,13-,14+,15+,16?,18+,19-,21-,22+,23+/m0/s1. The number of aliphatic hydroxyl groups excluding tert-OH is 3. The number of carbonyl (C=O) groups is 1. The lowest BCUT2D eigenvalue weighted by Gasteiger charge is -2.83. The fourth-order valence-corrected chi connectivity index (χ4v) is 9.91. The third-order valence-electron chi connectivity index (χ3n) is 10.8. The summed E-state index contributed by atoms with van der Waals surface area (Å²) in [5.41, 5.74) is -2.19. The van der Waals surface area contributed by atoms with E-state index in [0.717, 1.165) is 12.0 Å². The molecule has 9 nitrogen and oxygen atoms in total. The second kappa shape index (κ2) is 5.36. The van der Waals surface area contributed by atoms with E-state index in [2.05, 4.69) is 16.9 Å². The van der Waals surface area contributed by atoms with E-state index < -0.39 is 52.3 Å². The summed E-state index contributed by atoms with van der Waals surface area (Å²) in [6.45, 7) is 7.93. The second-order valence-corrected chi connectivity index (χ2v) is 11.7. The lowest BCUT2D eigenvalue weighted by atomic mass is 9.23. The number of hydrogen-bond donors (Lipinski definition) is 4. The minimum Gasteiger partial charge on any atom is -0.390 e. The Morgan fingerprint density at radius 3 is 2.66 bits per heavy atom. The number of hydrogen-bond acceptors (Lipinski definition) is 8. The van der Waals surface area contributed by atoms with E-state index >= 15 is 0 Å². The molecule has 4 N–H and O–H groups in total. The quantitative estimate of drug-likeness (QED) is 0.433. The first-order chi connectivity index (χ1) is 15.1. The topological polar surface area (TPSA) is 138 Å². The zero-order valence-corrected chi connectivity index (χ0v) is 18.1. The van der Waals surface area contributed by atoms with Gasteiger partial charge < -0.3 is 25.2 Å². The van der Waals surface area contributed by atoms with E-state index in [0.29, 0.717) is 6.42 Å². The highest BCUT2D eigenvalue weighted by molar-refractivity contribution is 6.01.